The fraction of sp³-hybridized carbons (Fsp3) is 0.235. The zero-order valence-corrected chi connectivity index (χ0v) is 35.6. The molecule has 6 N–H and O–H groups in total. The van der Waals surface area contributed by atoms with Crippen LogP contribution in [0.1, 0.15) is 64.5 Å². The highest BCUT2D eigenvalue weighted by atomic mass is 16.6. The van der Waals surface area contributed by atoms with Crippen LogP contribution in [-0.4, -0.2) is 72.2 Å². The van der Waals surface area contributed by atoms with Gasteiger partial charge in [-0.3, -0.25) is 19.3 Å². The van der Waals surface area contributed by atoms with E-state index in [0.29, 0.717) is 16.7 Å². The predicted octanol–water partition coefficient (Wildman–Crippen LogP) is 5.52. The summed E-state index contributed by atoms with van der Waals surface area (Å²) in [4.78, 5) is 76.4. The van der Waals surface area contributed by atoms with Crippen LogP contribution in [0.4, 0.5) is 15.3 Å². The van der Waals surface area contributed by atoms with Crippen molar-refractivity contribution in [3.05, 3.63) is 179 Å². The largest absolute Gasteiger partial charge is 0.491 e. The van der Waals surface area contributed by atoms with Crippen LogP contribution >= 0.6 is 0 Å². The number of para-hydroxylation sites is 1. The average Bonchev–Trinajstić information content (AvgIpc) is 3.78. The first kappa shape index (κ1) is 43.9. The normalized spacial score (nSPS) is 22.4. The molecule has 0 aromatic heterocycles. The smallest absolute Gasteiger partial charge is 0.329 e. The van der Waals surface area contributed by atoms with Crippen LogP contribution in [0, 0.1) is 17.8 Å². The molecule has 0 aliphatic carbocycles. The number of carbonyl (C=O) groups is 5. The van der Waals surface area contributed by atoms with Crippen LogP contribution in [0.25, 0.3) is 0 Å². The number of cyclic esters (lactones) is 1. The number of esters is 1. The highest BCUT2D eigenvalue weighted by Crippen LogP contribution is 2.66. The molecule has 5 aromatic rings. The number of aliphatic hydroxyl groups excluding tert-OH is 1. The van der Waals surface area contributed by atoms with E-state index in [9.17, 15) is 14.7 Å². The first-order valence-corrected chi connectivity index (χ1v) is 21.3. The lowest BCUT2D eigenvalue weighted by Crippen LogP contribution is -2.56. The number of amides is 6. The molecule has 65 heavy (non-hydrogen) atoms. The summed E-state index contributed by atoms with van der Waals surface area (Å²) in [6.07, 6.45) is 0.548. The second-order valence-electron chi connectivity index (χ2n) is 15.9. The Morgan fingerprint density at radius 2 is 1.55 bits per heavy atom. The van der Waals surface area contributed by atoms with Crippen molar-refractivity contribution in [3.8, 4) is 17.6 Å². The van der Waals surface area contributed by atoms with Crippen molar-refractivity contribution in [3.63, 3.8) is 0 Å². The van der Waals surface area contributed by atoms with Crippen molar-refractivity contribution in [1.82, 2.24) is 20.9 Å². The van der Waals surface area contributed by atoms with Gasteiger partial charge in [-0.25, -0.2) is 14.5 Å². The van der Waals surface area contributed by atoms with Crippen LogP contribution in [-0.2, 0) is 24.5 Å². The Kier molecular flexibility index (Phi) is 12.8. The highest BCUT2D eigenvalue weighted by Gasteiger charge is 2.76. The lowest BCUT2D eigenvalue weighted by Gasteiger charge is -2.46. The summed E-state index contributed by atoms with van der Waals surface area (Å²) in [5, 5.41) is 18.4. The van der Waals surface area contributed by atoms with Gasteiger partial charge in [0.2, 0.25) is 11.8 Å². The van der Waals surface area contributed by atoms with E-state index in [2.05, 4.69) is 34.4 Å². The third-order valence-corrected chi connectivity index (χ3v) is 12.2. The molecule has 0 bridgehead atoms. The number of carbonyl (C=O) groups excluding carboxylic acids is 5. The van der Waals surface area contributed by atoms with Crippen molar-refractivity contribution in [2.24, 2.45) is 11.7 Å². The second kappa shape index (κ2) is 18.9. The molecule has 330 valence electrons. The molecule has 3 aliphatic heterocycles. The monoisotopic (exact) mass is 872 g/mol. The maximum atomic E-state index is 16.4. The van der Waals surface area contributed by atoms with Crippen molar-refractivity contribution in [1.29, 1.82) is 0 Å². The van der Waals surface area contributed by atoms with Crippen LogP contribution in [0.15, 0.2) is 146 Å². The number of hydrogen-bond acceptors (Lipinski definition) is 9. The van der Waals surface area contributed by atoms with Gasteiger partial charge in [0.1, 0.15) is 29.9 Å². The van der Waals surface area contributed by atoms with Gasteiger partial charge in [-0.1, -0.05) is 127 Å². The Morgan fingerprint density at radius 1 is 0.892 bits per heavy atom. The first-order chi connectivity index (χ1) is 31.6. The Bertz CT molecular complexity index is 2670. The number of hydrogen-bond donors (Lipinski definition) is 5. The minimum atomic E-state index is -2.09. The number of ether oxygens (including phenoxy) is 2. The summed E-state index contributed by atoms with van der Waals surface area (Å²) < 4.78 is 12.8. The van der Waals surface area contributed by atoms with E-state index in [-0.39, 0.29) is 43.3 Å². The summed E-state index contributed by atoms with van der Waals surface area (Å²) in [6, 6.07) is 34.2. The molecule has 6 amide bonds. The number of imide groups is 1. The fourth-order valence-electron chi connectivity index (χ4n) is 9.59. The van der Waals surface area contributed by atoms with Gasteiger partial charge in [0.05, 0.1) is 42.9 Å². The maximum Gasteiger partial charge on any atom is 0.329 e. The van der Waals surface area contributed by atoms with Gasteiger partial charge in [-0.15, -0.1) is 6.58 Å². The molecule has 5 aromatic carbocycles. The third-order valence-electron chi connectivity index (χ3n) is 12.2. The predicted molar refractivity (Wildman–Crippen MR) is 242 cm³/mol. The number of urea groups is 2. The van der Waals surface area contributed by atoms with E-state index >= 15 is 14.4 Å². The summed E-state index contributed by atoms with van der Waals surface area (Å²) in [5.41, 5.74) is 6.59. The minimum Gasteiger partial charge on any atom is -0.491 e. The summed E-state index contributed by atoms with van der Waals surface area (Å²) in [6.45, 7) is 5.06. The third kappa shape index (κ3) is 8.07. The molecule has 8 rings (SSSR count). The molecule has 14 heteroatoms. The number of anilines is 1. The van der Waals surface area contributed by atoms with Crippen molar-refractivity contribution in [2.45, 2.75) is 42.6 Å². The van der Waals surface area contributed by atoms with Gasteiger partial charge in [0, 0.05) is 17.7 Å². The van der Waals surface area contributed by atoms with Crippen LogP contribution in [0.5, 0.6) is 5.75 Å². The Labute approximate surface area is 376 Å². The lowest BCUT2D eigenvalue weighted by atomic mass is 9.65. The van der Waals surface area contributed by atoms with Gasteiger partial charge in [0.25, 0.3) is 0 Å². The molecule has 0 unspecified atom stereocenters. The van der Waals surface area contributed by atoms with Crippen molar-refractivity contribution in [2.75, 3.05) is 31.2 Å². The molecule has 3 heterocycles. The van der Waals surface area contributed by atoms with E-state index in [1.165, 1.54) is 6.08 Å². The number of benzene rings is 5. The summed E-state index contributed by atoms with van der Waals surface area (Å²) in [7, 11) is 0. The van der Waals surface area contributed by atoms with Gasteiger partial charge < -0.3 is 36.3 Å². The second-order valence-corrected chi connectivity index (χ2v) is 15.9. The lowest BCUT2D eigenvalue weighted by molar-refractivity contribution is -0.178. The number of aliphatic hydroxyl groups is 1. The average molecular weight is 873 g/mol. The van der Waals surface area contributed by atoms with Gasteiger partial charge in [-0.2, -0.15) is 0 Å². The molecule has 2 saturated heterocycles. The van der Waals surface area contributed by atoms with E-state index in [1.54, 1.807) is 49.4 Å². The molecule has 0 radical (unpaired) electrons. The van der Waals surface area contributed by atoms with Gasteiger partial charge in [0.15, 0.2) is 0 Å². The standard InChI is InChI=1S/C51H48N6O8/c1-3-27-53-46(59)41-43-47(60)65-44(36-21-11-6-12-22-36)42(35-19-9-5-10-20-35)57(43)45(37-23-13-14-24-40(37)64-30-29-58)51(41)38-31-33(16-15-28-54-49(52)62)25-26-39(38)56(48(51)61)50(63)55-32(2)34-17-7-4-8-18-34/h3-14,17-26,31-32,41-45,58H,1,27-30H2,2H3,(H,53,59)(H,55,63)(H3,52,54,62)/t32-,41-,42-,43-,44+,45+,51-/m1/s1. The van der Waals surface area contributed by atoms with Crippen LogP contribution < -0.4 is 31.3 Å². The molecule has 7 atom stereocenters. The van der Waals surface area contributed by atoms with E-state index in [1.807, 2.05) is 95.9 Å². The number of fused-ring (bicyclic) bond motifs is 3. The van der Waals surface area contributed by atoms with E-state index in [0.717, 1.165) is 16.0 Å². The number of nitrogens with zero attached hydrogens (tertiary/aromatic N) is 2. The van der Waals surface area contributed by atoms with Gasteiger partial charge in [-0.05, 0) is 53.4 Å². The van der Waals surface area contributed by atoms with E-state index in [4.69, 9.17) is 15.2 Å². The van der Waals surface area contributed by atoms with Crippen LogP contribution in [0.2, 0.25) is 0 Å². The number of nitrogens with one attached hydrogen (secondary N) is 3. The Morgan fingerprint density at radius 3 is 2.23 bits per heavy atom. The summed E-state index contributed by atoms with van der Waals surface area (Å²) in [5.74, 6) is 2.43. The first-order valence-electron chi connectivity index (χ1n) is 21.3. The molecular weight excluding hydrogens is 825 g/mol. The number of nitrogens with two attached hydrogens (primary N) is 1. The van der Waals surface area contributed by atoms with Gasteiger partial charge >= 0.3 is 18.0 Å². The molecule has 14 nitrogen and oxygen atoms in total. The molecule has 0 saturated carbocycles. The zero-order chi connectivity index (χ0) is 45.7. The zero-order valence-electron chi connectivity index (χ0n) is 35.6. The molecule has 2 fully saturated rings. The number of morpholine rings is 1. The highest BCUT2D eigenvalue weighted by molar-refractivity contribution is 6.24. The topological polar surface area (TPSA) is 193 Å². The Hall–Kier alpha value is -7.73. The van der Waals surface area contributed by atoms with Crippen molar-refractivity contribution >= 4 is 35.5 Å². The quantitative estimate of drug-likeness (QED) is 0.0611. The summed E-state index contributed by atoms with van der Waals surface area (Å²) >= 11 is 0. The SMILES string of the molecule is C=CCNC(=O)[C@H]1[C@@H]2C(=O)O[C@@H](c3ccccc3)[C@@H](c3ccccc3)N2[C@@H](c2ccccc2OCCO)[C@]12C(=O)N(C(=O)N[C@H](C)c1ccccc1)c1ccc(C#CCNC(N)=O)cc12. The Balaban J connectivity index is 1.45. The fourth-order valence-corrected chi connectivity index (χ4v) is 9.59. The maximum absolute atomic E-state index is 16.4. The number of primary amides is 1. The van der Waals surface area contributed by atoms with E-state index < -0.39 is 71.5 Å². The molecular formula is C51H48N6O8. The molecule has 1 spiro atoms. The molecule has 3 aliphatic rings. The number of rotatable bonds is 12. The minimum absolute atomic E-state index is 0.0129. The van der Waals surface area contributed by atoms with Crippen LogP contribution in [0.3, 0.4) is 0 Å². The van der Waals surface area contributed by atoms with Crippen molar-refractivity contribution < 1.29 is 38.6 Å².